The summed E-state index contributed by atoms with van der Waals surface area (Å²) in [6, 6.07) is 14.1. The van der Waals surface area contributed by atoms with Crippen molar-refractivity contribution >= 4 is 23.5 Å². The van der Waals surface area contributed by atoms with E-state index in [2.05, 4.69) is 10.6 Å². The first-order valence-corrected chi connectivity index (χ1v) is 9.74. The number of urea groups is 1. The third kappa shape index (κ3) is 3.63. The van der Waals surface area contributed by atoms with Gasteiger partial charge in [-0.05, 0) is 42.7 Å². The highest BCUT2D eigenvalue weighted by Crippen LogP contribution is 2.28. The minimum absolute atomic E-state index is 0.156. The Bertz CT molecular complexity index is 866. The van der Waals surface area contributed by atoms with Gasteiger partial charge in [0.15, 0.2) is 0 Å². The molecule has 2 N–H and O–H groups in total. The maximum atomic E-state index is 12.5. The van der Waals surface area contributed by atoms with Gasteiger partial charge in [-0.1, -0.05) is 43.5 Å². The van der Waals surface area contributed by atoms with Crippen LogP contribution in [0.5, 0.6) is 0 Å². The molecular formula is C22H23N3O3. The van der Waals surface area contributed by atoms with E-state index in [9.17, 15) is 14.4 Å². The molecule has 1 fully saturated rings. The van der Waals surface area contributed by atoms with Crippen molar-refractivity contribution in [3.63, 3.8) is 0 Å². The monoisotopic (exact) mass is 377 g/mol. The fraction of sp³-hybridized carbons (Fsp3) is 0.318. The van der Waals surface area contributed by atoms with E-state index in [0.717, 1.165) is 18.4 Å². The van der Waals surface area contributed by atoms with E-state index in [1.807, 2.05) is 12.1 Å². The van der Waals surface area contributed by atoms with Gasteiger partial charge in [-0.3, -0.25) is 9.59 Å². The predicted molar refractivity (Wildman–Crippen MR) is 106 cm³/mol. The lowest BCUT2D eigenvalue weighted by molar-refractivity contribution is 0.0926. The van der Waals surface area contributed by atoms with Crippen molar-refractivity contribution in [1.29, 1.82) is 0 Å². The summed E-state index contributed by atoms with van der Waals surface area (Å²) in [5, 5.41) is 5.89. The highest BCUT2D eigenvalue weighted by Gasteiger charge is 2.36. The number of nitrogens with zero attached hydrogens (tertiary/aromatic N) is 1. The number of hydrogen-bond acceptors (Lipinski definition) is 3. The fourth-order valence-corrected chi connectivity index (χ4v) is 3.85. The summed E-state index contributed by atoms with van der Waals surface area (Å²) >= 11 is 0. The molecule has 2 aromatic carbocycles. The molecule has 0 aromatic heterocycles. The second-order valence-corrected chi connectivity index (χ2v) is 7.32. The van der Waals surface area contributed by atoms with E-state index in [4.69, 9.17) is 0 Å². The lowest BCUT2D eigenvalue weighted by atomic mass is 9.96. The van der Waals surface area contributed by atoms with Crippen molar-refractivity contribution in [3.05, 3.63) is 65.2 Å². The molecule has 28 heavy (non-hydrogen) atoms. The summed E-state index contributed by atoms with van der Waals surface area (Å²) in [4.78, 5) is 38.3. The molecule has 1 aliphatic heterocycles. The molecule has 144 valence electrons. The number of carbonyl (C=O) groups excluding carboxylic acids is 3. The number of anilines is 1. The van der Waals surface area contributed by atoms with Crippen molar-refractivity contribution in [3.8, 4) is 0 Å². The summed E-state index contributed by atoms with van der Waals surface area (Å²) in [6.45, 7) is 0.390. The van der Waals surface area contributed by atoms with Crippen LogP contribution >= 0.6 is 0 Å². The Morgan fingerprint density at radius 1 is 0.893 bits per heavy atom. The summed E-state index contributed by atoms with van der Waals surface area (Å²) < 4.78 is 0. The van der Waals surface area contributed by atoms with E-state index in [1.54, 1.807) is 36.4 Å². The zero-order chi connectivity index (χ0) is 19.5. The van der Waals surface area contributed by atoms with Gasteiger partial charge < -0.3 is 10.6 Å². The summed E-state index contributed by atoms with van der Waals surface area (Å²) in [7, 11) is 0. The van der Waals surface area contributed by atoms with Gasteiger partial charge in [0, 0.05) is 12.6 Å². The number of carbonyl (C=O) groups is 3. The fourth-order valence-electron chi connectivity index (χ4n) is 3.85. The van der Waals surface area contributed by atoms with Gasteiger partial charge in [-0.15, -0.1) is 0 Å². The molecule has 6 nitrogen and oxygen atoms in total. The topological polar surface area (TPSA) is 78.5 Å². The highest BCUT2D eigenvalue weighted by molar-refractivity contribution is 6.34. The third-order valence-electron chi connectivity index (χ3n) is 5.38. The second-order valence-electron chi connectivity index (χ2n) is 7.32. The molecule has 0 atom stereocenters. The number of hydrogen-bond donors (Lipinski definition) is 2. The van der Waals surface area contributed by atoms with E-state index >= 15 is 0 Å². The zero-order valence-electron chi connectivity index (χ0n) is 15.6. The van der Waals surface area contributed by atoms with Crippen molar-refractivity contribution in [2.24, 2.45) is 0 Å². The van der Waals surface area contributed by atoms with Gasteiger partial charge in [0.25, 0.3) is 11.8 Å². The van der Waals surface area contributed by atoms with Crippen LogP contribution in [0, 0.1) is 0 Å². The zero-order valence-corrected chi connectivity index (χ0v) is 15.6. The average Bonchev–Trinajstić information content (AvgIpc) is 2.98. The van der Waals surface area contributed by atoms with Gasteiger partial charge in [0.05, 0.1) is 16.8 Å². The van der Waals surface area contributed by atoms with Crippen molar-refractivity contribution in [2.75, 3.05) is 4.90 Å². The van der Waals surface area contributed by atoms with E-state index in [0.29, 0.717) is 23.4 Å². The van der Waals surface area contributed by atoms with Crippen LogP contribution in [0.1, 0.15) is 58.4 Å². The third-order valence-corrected chi connectivity index (χ3v) is 5.38. The van der Waals surface area contributed by atoms with Gasteiger partial charge in [-0.2, -0.15) is 0 Å². The largest absolute Gasteiger partial charge is 0.335 e. The predicted octanol–water partition coefficient (Wildman–Crippen LogP) is 3.62. The molecule has 0 saturated heterocycles. The van der Waals surface area contributed by atoms with E-state index in [-0.39, 0.29) is 23.9 Å². The van der Waals surface area contributed by atoms with E-state index < -0.39 is 0 Å². The normalized spacial score (nSPS) is 16.8. The van der Waals surface area contributed by atoms with Gasteiger partial charge in [0.1, 0.15) is 0 Å². The molecular weight excluding hydrogens is 354 g/mol. The SMILES string of the molecule is O=C(NCc1ccc(N2C(=O)c3ccccc3C2=O)cc1)NC1CCCCC1. The summed E-state index contributed by atoms with van der Waals surface area (Å²) in [6.07, 6.45) is 5.68. The molecule has 0 bridgehead atoms. The highest BCUT2D eigenvalue weighted by atomic mass is 16.2. The molecule has 1 aliphatic carbocycles. The van der Waals surface area contributed by atoms with Crippen LogP contribution in [0.2, 0.25) is 0 Å². The standard InChI is InChI=1S/C22H23N3O3/c26-20-18-8-4-5-9-19(18)21(27)25(20)17-12-10-15(11-13-17)14-23-22(28)24-16-6-2-1-3-7-16/h4-5,8-13,16H,1-3,6-7,14H2,(H2,23,24,28). The van der Waals surface area contributed by atoms with Gasteiger partial charge >= 0.3 is 6.03 Å². The molecule has 6 heteroatoms. The molecule has 1 saturated carbocycles. The minimum Gasteiger partial charge on any atom is -0.335 e. The Balaban J connectivity index is 1.36. The van der Waals surface area contributed by atoms with Crippen molar-refractivity contribution in [2.45, 2.75) is 44.7 Å². The lowest BCUT2D eigenvalue weighted by Crippen LogP contribution is -2.42. The Kier molecular flexibility index (Phi) is 5.10. The quantitative estimate of drug-likeness (QED) is 0.799. The molecule has 1 heterocycles. The summed E-state index contributed by atoms with van der Waals surface area (Å²) in [5.74, 6) is -0.614. The van der Waals surface area contributed by atoms with Crippen molar-refractivity contribution in [1.82, 2.24) is 10.6 Å². The van der Waals surface area contributed by atoms with Crippen LogP contribution in [0.15, 0.2) is 48.5 Å². The Hall–Kier alpha value is -3.15. The van der Waals surface area contributed by atoms with Crippen LogP contribution in [0.25, 0.3) is 0 Å². The number of fused-ring (bicyclic) bond motifs is 1. The number of amides is 4. The number of imide groups is 1. The Morgan fingerprint density at radius 2 is 1.50 bits per heavy atom. The maximum absolute atomic E-state index is 12.5. The van der Waals surface area contributed by atoms with Crippen LogP contribution in [-0.4, -0.2) is 23.9 Å². The number of benzene rings is 2. The van der Waals surface area contributed by atoms with Gasteiger partial charge in [-0.25, -0.2) is 9.69 Å². The average molecular weight is 377 g/mol. The first kappa shape index (κ1) is 18.2. The Labute approximate surface area is 163 Å². The molecule has 2 aromatic rings. The van der Waals surface area contributed by atoms with Gasteiger partial charge in [0.2, 0.25) is 0 Å². The minimum atomic E-state index is -0.307. The summed E-state index contributed by atoms with van der Waals surface area (Å²) in [5.41, 5.74) is 2.29. The Morgan fingerprint density at radius 3 is 2.11 bits per heavy atom. The molecule has 0 radical (unpaired) electrons. The van der Waals surface area contributed by atoms with Crippen LogP contribution in [0.4, 0.5) is 10.5 Å². The number of nitrogens with one attached hydrogen (secondary N) is 2. The van der Waals surface area contributed by atoms with E-state index in [1.165, 1.54) is 24.2 Å². The van der Waals surface area contributed by atoms with Crippen LogP contribution in [-0.2, 0) is 6.54 Å². The second kappa shape index (κ2) is 7.84. The van der Waals surface area contributed by atoms with Crippen molar-refractivity contribution < 1.29 is 14.4 Å². The maximum Gasteiger partial charge on any atom is 0.315 e. The molecule has 0 spiro atoms. The lowest BCUT2D eigenvalue weighted by Gasteiger charge is -2.22. The number of rotatable bonds is 4. The molecule has 0 unspecified atom stereocenters. The first-order valence-electron chi connectivity index (χ1n) is 9.74. The molecule has 4 amide bonds. The smallest absolute Gasteiger partial charge is 0.315 e. The molecule has 2 aliphatic rings. The molecule has 4 rings (SSSR count). The first-order chi connectivity index (χ1) is 13.6. The van der Waals surface area contributed by atoms with Crippen LogP contribution < -0.4 is 15.5 Å². The van der Waals surface area contributed by atoms with Crippen LogP contribution in [0.3, 0.4) is 0 Å².